The van der Waals surface area contributed by atoms with Gasteiger partial charge in [0.15, 0.2) is 0 Å². The summed E-state index contributed by atoms with van der Waals surface area (Å²) >= 11 is 4.83. The maximum atomic E-state index is 2.42. The van der Waals surface area contributed by atoms with E-state index in [0.29, 0.717) is 0 Å². The molecule has 0 radical (unpaired) electrons. The van der Waals surface area contributed by atoms with Crippen molar-refractivity contribution < 1.29 is 0 Å². The minimum atomic E-state index is 1.32. The first-order chi connectivity index (χ1) is 8.18. The van der Waals surface area contributed by atoms with E-state index in [2.05, 4.69) is 94.6 Å². The molecule has 0 fully saturated rings. The molecule has 0 aliphatic carbocycles. The predicted octanol–water partition coefficient (Wildman–Crippen LogP) is 5.51. The molecular weight excluding hydrogens is 434 g/mol. The van der Waals surface area contributed by atoms with Crippen LogP contribution in [-0.2, 0) is 0 Å². The molecule has 0 N–H and O–H groups in total. The highest BCUT2D eigenvalue weighted by Gasteiger charge is 2.07. The van der Waals surface area contributed by atoms with Crippen molar-refractivity contribution in [2.24, 2.45) is 0 Å². The van der Waals surface area contributed by atoms with Gasteiger partial charge in [0.05, 0.1) is 0 Å². The fraction of sp³-hybridized carbons (Fsp3) is 0.0667. The van der Waals surface area contributed by atoms with Crippen LogP contribution in [0, 0.1) is 14.1 Å². The molecule has 0 aliphatic rings. The SMILES string of the molecule is Cc1c2cccc(I)c2cc2c(I)cccc12. The van der Waals surface area contributed by atoms with Crippen molar-refractivity contribution >= 4 is 66.7 Å². The summed E-state index contributed by atoms with van der Waals surface area (Å²) in [6.07, 6.45) is 0. The second-order valence-corrected chi connectivity index (χ2v) is 6.50. The molecule has 2 heteroatoms. The highest BCUT2D eigenvalue weighted by atomic mass is 127. The maximum absolute atomic E-state index is 2.42. The van der Waals surface area contributed by atoms with Crippen molar-refractivity contribution in [1.82, 2.24) is 0 Å². The average molecular weight is 444 g/mol. The lowest BCUT2D eigenvalue weighted by Gasteiger charge is -2.10. The van der Waals surface area contributed by atoms with Crippen molar-refractivity contribution in [3.63, 3.8) is 0 Å². The molecule has 0 atom stereocenters. The molecule has 3 rings (SSSR count). The van der Waals surface area contributed by atoms with Gasteiger partial charge < -0.3 is 0 Å². The predicted molar refractivity (Wildman–Crippen MR) is 91.6 cm³/mol. The number of halogens is 2. The molecule has 0 aromatic heterocycles. The molecule has 0 saturated carbocycles. The van der Waals surface area contributed by atoms with Gasteiger partial charge in [0.1, 0.15) is 0 Å². The molecule has 3 aromatic carbocycles. The quantitative estimate of drug-likeness (QED) is 0.317. The van der Waals surface area contributed by atoms with Crippen LogP contribution in [0.2, 0.25) is 0 Å². The minimum Gasteiger partial charge on any atom is -0.0606 e. The largest absolute Gasteiger partial charge is 0.0606 e. The summed E-state index contributed by atoms with van der Waals surface area (Å²) in [7, 11) is 0. The van der Waals surface area contributed by atoms with E-state index in [9.17, 15) is 0 Å². The van der Waals surface area contributed by atoms with E-state index in [1.807, 2.05) is 0 Å². The van der Waals surface area contributed by atoms with E-state index in [0.717, 1.165) is 0 Å². The van der Waals surface area contributed by atoms with Gasteiger partial charge in [0.25, 0.3) is 0 Å². The van der Waals surface area contributed by atoms with Crippen LogP contribution < -0.4 is 0 Å². The zero-order valence-electron chi connectivity index (χ0n) is 9.30. The van der Waals surface area contributed by atoms with Crippen molar-refractivity contribution in [2.45, 2.75) is 6.92 Å². The lowest BCUT2D eigenvalue weighted by Crippen LogP contribution is -1.87. The molecule has 3 aromatic rings. The number of hydrogen-bond acceptors (Lipinski definition) is 0. The van der Waals surface area contributed by atoms with Crippen molar-refractivity contribution in [1.29, 1.82) is 0 Å². The Balaban J connectivity index is 2.62. The van der Waals surface area contributed by atoms with Crippen LogP contribution in [0.1, 0.15) is 5.56 Å². The minimum absolute atomic E-state index is 1.32. The van der Waals surface area contributed by atoms with Crippen molar-refractivity contribution in [3.05, 3.63) is 55.2 Å². The Bertz CT molecular complexity index is 670. The summed E-state index contributed by atoms with van der Waals surface area (Å²) < 4.78 is 2.65. The number of rotatable bonds is 0. The summed E-state index contributed by atoms with van der Waals surface area (Å²) in [5, 5.41) is 5.46. The second kappa shape index (κ2) is 4.39. The Morgan fingerprint density at radius 2 is 1.18 bits per heavy atom. The first-order valence-corrected chi connectivity index (χ1v) is 7.60. The van der Waals surface area contributed by atoms with Gasteiger partial charge in [0, 0.05) is 7.14 Å². The third kappa shape index (κ3) is 1.85. The Morgan fingerprint density at radius 1 is 0.706 bits per heavy atom. The van der Waals surface area contributed by atoms with Crippen LogP contribution in [0.3, 0.4) is 0 Å². The summed E-state index contributed by atoms with van der Waals surface area (Å²) in [6, 6.07) is 15.4. The molecule has 0 spiro atoms. The van der Waals surface area contributed by atoms with Gasteiger partial charge in [-0.05, 0) is 97.4 Å². The molecule has 0 unspecified atom stereocenters. The Labute approximate surface area is 128 Å². The molecule has 0 heterocycles. The van der Waals surface area contributed by atoms with Crippen LogP contribution in [0.15, 0.2) is 42.5 Å². The number of hydrogen-bond donors (Lipinski definition) is 0. The molecule has 84 valence electrons. The van der Waals surface area contributed by atoms with Crippen LogP contribution >= 0.6 is 45.2 Å². The van der Waals surface area contributed by atoms with Gasteiger partial charge in [-0.3, -0.25) is 0 Å². The van der Waals surface area contributed by atoms with Crippen molar-refractivity contribution in [3.8, 4) is 0 Å². The second-order valence-electron chi connectivity index (χ2n) is 4.17. The monoisotopic (exact) mass is 444 g/mol. The number of aryl methyl sites for hydroxylation is 1. The zero-order chi connectivity index (χ0) is 12.0. The maximum Gasteiger partial charge on any atom is 0.0209 e. The first-order valence-electron chi connectivity index (χ1n) is 5.44. The smallest absolute Gasteiger partial charge is 0.0209 e. The standard InChI is InChI=1S/C15H10I2/c1-9-10-4-2-6-14(16)12(10)8-13-11(9)5-3-7-15(13)17/h2-8H,1H3. The van der Waals surface area contributed by atoms with E-state index >= 15 is 0 Å². The fourth-order valence-corrected chi connectivity index (χ4v) is 3.62. The Hall–Kier alpha value is -0.360. The van der Waals surface area contributed by atoms with Crippen LogP contribution in [-0.4, -0.2) is 0 Å². The molecule has 0 aliphatic heterocycles. The van der Waals surface area contributed by atoms with Crippen LogP contribution in [0.25, 0.3) is 21.5 Å². The molecule has 0 amide bonds. The number of fused-ring (bicyclic) bond motifs is 2. The fourth-order valence-electron chi connectivity index (χ4n) is 2.31. The molecular formula is C15H10I2. The van der Waals surface area contributed by atoms with Crippen LogP contribution in [0.5, 0.6) is 0 Å². The van der Waals surface area contributed by atoms with E-state index in [1.165, 1.54) is 34.2 Å². The summed E-state index contributed by atoms with van der Waals surface area (Å²) in [4.78, 5) is 0. The first kappa shape index (κ1) is 11.7. The molecule has 0 nitrogen and oxygen atoms in total. The van der Waals surface area contributed by atoms with Gasteiger partial charge in [-0.25, -0.2) is 0 Å². The lowest BCUT2D eigenvalue weighted by molar-refractivity contribution is 1.57. The Kier molecular flexibility index (Phi) is 3.02. The lowest BCUT2D eigenvalue weighted by atomic mass is 9.98. The summed E-state index contributed by atoms with van der Waals surface area (Å²) in [5.41, 5.74) is 1.38. The highest BCUT2D eigenvalue weighted by molar-refractivity contribution is 14.1. The summed E-state index contributed by atoms with van der Waals surface area (Å²) in [6.45, 7) is 2.22. The van der Waals surface area contributed by atoms with Gasteiger partial charge in [-0.2, -0.15) is 0 Å². The van der Waals surface area contributed by atoms with Gasteiger partial charge in [0.2, 0.25) is 0 Å². The van der Waals surface area contributed by atoms with Gasteiger partial charge >= 0.3 is 0 Å². The van der Waals surface area contributed by atoms with E-state index in [-0.39, 0.29) is 0 Å². The molecule has 0 bridgehead atoms. The third-order valence-electron chi connectivity index (χ3n) is 3.20. The van der Waals surface area contributed by atoms with Crippen LogP contribution in [0.4, 0.5) is 0 Å². The van der Waals surface area contributed by atoms with Gasteiger partial charge in [-0.1, -0.05) is 24.3 Å². The van der Waals surface area contributed by atoms with E-state index in [1.54, 1.807) is 0 Å². The normalized spacial score (nSPS) is 11.2. The number of benzene rings is 3. The average Bonchev–Trinajstić information content (AvgIpc) is 2.32. The Morgan fingerprint density at radius 3 is 1.65 bits per heavy atom. The molecule has 0 saturated heterocycles. The zero-order valence-corrected chi connectivity index (χ0v) is 13.6. The van der Waals surface area contributed by atoms with Gasteiger partial charge in [-0.15, -0.1) is 0 Å². The van der Waals surface area contributed by atoms with Crippen molar-refractivity contribution in [2.75, 3.05) is 0 Å². The van der Waals surface area contributed by atoms with E-state index in [4.69, 9.17) is 0 Å². The molecule has 17 heavy (non-hydrogen) atoms. The topological polar surface area (TPSA) is 0 Å². The highest BCUT2D eigenvalue weighted by Crippen LogP contribution is 2.32. The summed E-state index contributed by atoms with van der Waals surface area (Å²) in [5.74, 6) is 0. The van der Waals surface area contributed by atoms with E-state index < -0.39 is 0 Å². The third-order valence-corrected chi connectivity index (χ3v) is 5.08.